The lowest BCUT2D eigenvalue weighted by molar-refractivity contribution is -0.139. The van der Waals surface area contributed by atoms with Crippen molar-refractivity contribution in [3.05, 3.63) is 64.8 Å². The number of anilines is 1. The maximum absolute atomic E-state index is 15.7. The van der Waals surface area contributed by atoms with Crippen molar-refractivity contribution < 1.29 is 37.1 Å². The Hall–Kier alpha value is -4.68. The first-order valence-corrected chi connectivity index (χ1v) is 16.1. The fraction of sp³-hybridized carbons (Fsp3) is 0.500. The molecule has 1 unspecified atom stereocenters. The second-order valence-electron chi connectivity index (χ2n) is 12.6. The van der Waals surface area contributed by atoms with E-state index < -0.39 is 53.5 Å². The predicted octanol–water partition coefficient (Wildman–Crippen LogP) is 3.12. The van der Waals surface area contributed by atoms with Gasteiger partial charge in [-0.25, -0.2) is 4.39 Å². The highest BCUT2D eigenvalue weighted by molar-refractivity contribution is 6.01. The van der Waals surface area contributed by atoms with E-state index >= 15 is 4.39 Å². The molecule has 2 aliphatic rings. The molecule has 49 heavy (non-hydrogen) atoms. The smallest absolute Gasteiger partial charge is 0.269 e. The molecule has 2 fully saturated rings. The molecule has 1 aliphatic heterocycles. The van der Waals surface area contributed by atoms with Gasteiger partial charge in [-0.05, 0) is 74.1 Å². The van der Waals surface area contributed by atoms with E-state index in [1.807, 2.05) is 13.1 Å². The summed E-state index contributed by atoms with van der Waals surface area (Å²) in [5.41, 5.74) is 0.536. The number of methoxy groups -OCH3 is 1. The number of ether oxygens (including phenoxy) is 1. The number of nitrogens with zero attached hydrogens (tertiary/aromatic N) is 4. The summed E-state index contributed by atoms with van der Waals surface area (Å²) in [5.74, 6) is -4.21. The van der Waals surface area contributed by atoms with E-state index in [9.17, 15) is 33.2 Å². The largest absolute Gasteiger partial charge is 0.375 e. The number of halogens is 3. The first-order valence-electron chi connectivity index (χ1n) is 16.1. The van der Waals surface area contributed by atoms with Crippen LogP contribution in [0.25, 0.3) is 0 Å². The summed E-state index contributed by atoms with van der Waals surface area (Å²) in [5, 5.41) is 17.2. The highest BCUT2D eigenvalue weighted by atomic mass is 19.3. The third kappa shape index (κ3) is 9.07. The molecule has 15 heteroatoms. The summed E-state index contributed by atoms with van der Waals surface area (Å²) in [6, 6.07) is 6.69. The van der Waals surface area contributed by atoms with Crippen LogP contribution in [0, 0.1) is 23.1 Å². The van der Waals surface area contributed by atoms with Gasteiger partial charge in [-0.15, -0.1) is 0 Å². The second kappa shape index (κ2) is 16.6. The molecule has 12 nitrogen and oxygen atoms in total. The molecule has 4 amide bonds. The molecule has 2 aromatic rings. The molecule has 1 aliphatic carbocycles. The Morgan fingerprint density at radius 2 is 1.69 bits per heavy atom. The molecule has 1 saturated heterocycles. The molecule has 2 heterocycles. The van der Waals surface area contributed by atoms with Gasteiger partial charge in [-0.1, -0.05) is 13.0 Å². The summed E-state index contributed by atoms with van der Waals surface area (Å²) >= 11 is 0. The number of rotatable bonds is 11. The number of hydrogen-bond acceptors (Lipinski definition) is 7. The van der Waals surface area contributed by atoms with Crippen molar-refractivity contribution >= 4 is 29.3 Å². The van der Waals surface area contributed by atoms with Crippen LogP contribution in [0.15, 0.2) is 42.0 Å². The Kier molecular flexibility index (Phi) is 12.6. The number of amides is 4. The Morgan fingerprint density at radius 1 is 1.02 bits per heavy atom. The normalized spacial score (nSPS) is 18.5. The number of nitriles is 1. The molecule has 1 aromatic carbocycles. The van der Waals surface area contributed by atoms with Gasteiger partial charge in [0.25, 0.3) is 12.0 Å². The van der Waals surface area contributed by atoms with Crippen molar-refractivity contribution in [2.75, 3.05) is 52.3 Å². The van der Waals surface area contributed by atoms with Gasteiger partial charge >= 0.3 is 0 Å². The van der Waals surface area contributed by atoms with Crippen molar-refractivity contribution in [3.8, 4) is 6.07 Å². The van der Waals surface area contributed by atoms with Gasteiger partial charge < -0.3 is 35.1 Å². The number of benzene rings is 1. The van der Waals surface area contributed by atoms with Gasteiger partial charge in [0.05, 0.1) is 5.69 Å². The van der Waals surface area contributed by atoms with Crippen molar-refractivity contribution in [3.63, 3.8) is 0 Å². The Labute approximate surface area is 283 Å². The third-order valence-electron chi connectivity index (χ3n) is 9.36. The second-order valence-corrected chi connectivity index (χ2v) is 12.6. The fourth-order valence-corrected chi connectivity index (χ4v) is 6.26. The van der Waals surface area contributed by atoms with Crippen LogP contribution in [0.2, 0.25) is 0 Å². The number of aromatic nitrogens is 1. The van der Waals surface area contributed by atoms with Gasteiger partial charge in [0.2, 0.25) is 17.7 Å². The van der Waals surface area contributed by atoms with Gasteiger partial charge in [0.1, 0.15) is 42.0 Å². The lowest BCUT2D eigenvalue weighted by atomic mass is 9.81. The minimum atomic E-state index is -1.75. The average Bonchev–Trinajstić information content (AvgIpc) is 3.46. The maximum atomic E-state index is 15.7. The summed E-state index contributed by atoms with van der Waals surface area (Å²) in [4.78, 5) is 56.7. The SMILES string of the molecule is COCC(=O)N[C@@H](C(=O)N1CCN(C)CC1)[C@@H](C)c1ccc(NC(=O)C(NC(=O)c2ccc(C#N)n2C)C2CCC(=C(F)F)CC2)c(F)c1. The van der Waals surface area contributed by atoms with E-state index in [4.69, 9.17) is 4.74 Å². The number of likely N-dealkylation sites (N-methyl/N-ethyl adjacent to an activating group) is 1. The molecule has 0 spiro atoms. The monoisotopic (exact) mass is 685 g/mol. The molecule has 0 bridgehead atoms. The van der Waals surface area contributed by atoms with Gasteiger partial charge in [0.15, 0.2) is 0 Å². The zero-order valence-electron chi connectivity index (χ0n) is 28.0. The van der Waals surface area contributed by atoms with Crippen LogP contribution in [-0.4, -0.2) is 97.0 Å². The lowest BCUT2D eigenvalue weighted by Crippen LogP contribution is -2.56. The number of carbonyl (C=O) groups is 4. The molecule has 3 atom stereocenters. The fourth-order valence-electron chi connectivity index (χ4n) is 6.26. The Bertz CT molecular complexity index is 1620. The van der Waals surface area contributed by atoms with E-state index in [1.54, 1.807) is 17.9 Å². The van der Waals surface area contributed by atoms with E-state index in [0.717, 1.165) is 0 Å². The summed E-state index contributed by atoms with van der Waals surface area (Å²) in [7, 11) is 4.83. The van der Waals surface area contributed by atoms with Gasteiger partial charge in [0, 0.05) is 46.3 Å². The summed E-state index contributed by atoms with van der Waals surface area (Å²) in [6.45, 7) is 3.71. The molecular formula is C34H42F3N7O5. The molecular weight excluding hydrogens is 643 g/mol. The van der Waals surface area contributed by atoms with Crippen LogP contribution in [0.3, 0.4) is 0 Å². The topological polar surface area (TPSA) is 149 Å². The maximum Gasteiger partial charge on any atom is 0.269 e. The lowest BCUT2D eigenvalue weighted by Gasteiger charge is -2.36. The minimum Gasteiger partial charge on any atom is -0.375 e. The Balaban J connectivity index is 1.55. The number of carbonyl (C=O) groups excluding carboxylic acids is 4. The predicted molar refractivity (Wildman–Crippen MR) is 174 cm³/mol. The van der Waals surface area contributed by atoms with Crippen LogP contribution in [0.1, 0.15) is 60.3 Å². The van der Waals surface area contributed by atoms with E-state index in [1.165, 1.54) is 43.0 Å². The molecule has 3 N–H and O–H groups in total. The minimum absolute atomic E-state index is 0.00130. The van der Waals surface area contributed by atoms with Crippen LogP contribution < -0.4 is 16.0 Å². The first kappa shape index (κ1) is 37.1. The zero-order chi connectivity index (χ0) is 35.8. The average molecular weight is 686 g/mol. The third-order valence-corrected chi connectivity index (χ3v) is 9.36. The van der Waals surface area contributed by atoms with Crippen molar-refractivity contribution in [1.82, 2.24) is 25.0 Å². The number of piperazine rings is 1. The number of nitrogens with one attached hydrogen (secondary N) is 3. The van der Waals surface area contributed by atoms with Crippen LogP contribution in [-0.2, 0) is 26.2 Å². The van der Waals surface area contributed by atoms with Crippen LogP contribution >= 0.6 is 0 Å². The van der Waals surface area contributed by atoms with Crippen molar-refractivity contribution in [2.45, 2.75) is 50.6 Å². The highest BCUT2D eigenvalue weighted by Gasteiger charge is 2.35. The summed E-state index contributed by atoms with van der Waals surface area (Å²) in [6.07, 6.45) is -1.27. The number of hydrogen-bond donors (Lipinski definition) is 3. The van der Waals surface area contributed by atoms with E-state index in [0.29, 0.717) is 31.7 Å². The first-order chi connectivity index (χ1) is 23.3. The molecule has 1 saturated carbocycles. The van der Waals surface area contributed by atoms with Crippen LogP contribution in [0.5, 0.6) is 0 Å². The highest BCUT2D eigenvalue weighted by Crippen LogP contribution is 2.34. The van der Waals surface area contributed by atoms with Crippen molar-refractivity contribution in [2.24, 2.45) is 13.0 Å². The molecule has 264 valence electrons. The molecule has 0 radical (unpaired) electrons. The van der Waals surface area contributed by atoms with E-state index in [2.05, 4.69) is 20.9 Å². The molecule has 4 rings (SSSR count). The standard InChI is InChI=1S/C34H42F3N7O5/c1-20(29(40-28(45)19-49-4)34(48)44-15-13-42(2)14-16-44)23-9-11-26(25(35)17-23)39-33(47)30(21-5-7-22(8-6-21)31(36)37)41-32(46)27-12-10-24(18-38)43(27)3/h9-12,17,20-21,29-30H,5-8,13-16,19H2,1-4H3,(H,39,47)(H,40,45)(H,41,46)/t20-,29+,30?/m0/s1. The summed E-state index contributed by atoms with van der Waals surface area (Å²) < 4.78 is 48.4. The van der Waals surface area contributed by atoms with Crippen molar-refractivity contribution in [1.29, 1.82) is 5.26 Å². The van der Waals surface area contributed by atoms with Gasteiger partial charge in [-0.3, -0.25) is 19.2 Å². The molecule has 1 aromatic heterocycles. The quantitative estimate of drug-likeness (QED) is 0.329. The van der Waals surface area contributed by atoms with E-state index in [-0.39, 0.29) is 60.8 Å². The van der Waals surface area contributed by atoms with Gasteiger partial charge in [-0.2, -0.15) is 14.0 Å². The number of allylic oxidation sites excluding steroid dienone is 1. The zero-order valence-corrected chi connectivity index (χ0v) is 28.0. The van der Waals surface area contributed by atoms with Crippen LogP contribution in [0.4, 0.5) is 18.9 Å². The Morgan fingerprint density at radius 3 is 2.27 bits per heavy atom.